The summed E-state index contributed by atoms with van der Waals surface area (Å²) < 4.78 is 0.856. The van der Waals surface area contributed by atoms with Crippen LogP contribution in [0.5, 0.6) is 0 Å². The molecule has 3 aliphatic heterocycles. The Bertz CT molecular complexity index is 519. The van der Waals surface area contributed by atoms with E-state index in [1.165, 1.54) is 17.7 Å². The summed E-state index contributed by atoms with van der Waals surface area (Å²) in [6, 6.07) is 4.72. The average Bonchev–Trinajstić information content (AvgIpc) is 2.67. The number of carbonyl (C=O) groups is 1. The molecule has 0 saturated carbocycles. The second-order valence-corrected chi connectivity index (χ2v) is 8.11. The van der Waals surface area contributed by atoms with Gasteiger partial charge in [0.25, 0.3) is 0 Å². The number of fused-ring (bicyclic) bond motifs is 4. The number of halogens is 1. The molecule has 6 heteroatoms. The van der Waals surface area contributed by atoms with Gasteiger partial charge in [-0.15, -0.1) is 11.3 Å². The van der Waals surface area contributed by atoms with E-state index in [0.717, 1.165) is 30.5 Å². The first-order valence-electron chi connectivity index (χ1n) is 7.47. The van der Waals surface area contributed by atoms with E-state index >= 15 is 0 Å². The van der Waals surface area contributed by atoms with Gasteiger partial charge in [0.2, 0.25) is 0 Å². The zero-order chi connectivity index (χ0) is 15.0. The molecule has 4 nitrogen and oxygen atoms in total. The second-order valence-electron chi connectivity index (χ2n) is 6.31. The molecule has 3 aliphatic rings. The van der Waals surface area contributed by atoms with Gasteiger partial charge in [-0.2, -0.15) is 0 Å². The summed E-state index contributed by atoms with van der Waals surface area (Å²) in [5, 5.41) is 0. The molecule has 1 aromatic rings. The minimum atomic E-state index is 0.146. The fourth-order valence-corrected chi connectivity index (χ4v) is 4.56. The van der Waals surface area contributed by atoms with Crippen LogP contribution in [-0.4, -0.2) is 60.5 Å². The minimum Gasteiger partial charge on any atom is -0.331 e. The van der Waals surface area contributed by atoms with E-state index in [2.05, 4.69) is 11.0 Å². The van der Waals surface area contributed by atoms with Gasteiger partial charge in [0.05, 0.1) is 4.34 Å². The number of rotatable bonds is 2. The summed E-state index contributed by atoms with van der Waals surface area (Å²) in [4.78, 5) is 19.8. The number of nitrogens with zero attached hydrogens (tertiary/aromatic N) is 3. The summed E-state index contributed by atoms with van der Waals surface area (Å²) >= 11 is 7.69. The maximum Gasteiger partial charge on any atom is 0.319 e. The summed E-state index contributed by atoms with van der Waals surface area (Å²) in [5.41, 5.74) is 0. The van der Waals surface area contributed by atoms with Gasteiger partial charge in [0, 0.05) is 51.2 Å². The lowest BCUT2D eigenvalue weighted by Gasteiger charge is -2.35. The first-order valence-corrected chi connectivity index (χ1v) is 8.67. The highest BCUT2D eigenvalue weighted by Gasteiger charge is 2.36. The lowest BCUT2D eigenvalue weighted by Crippen LogP contribution is -2.45. The molecule has 0 spiro atoms. The van der Waals surface area contributed by atoms with Crippen LogP contribution in [0.1, 0.15) is 17.7 Å². The fourth-order valence-electron chi connectivity index (χ4n) is 3.45. The van der Waals surface area contributed by atoms with Gasteiger partial charge in [-0.1, -0.05) is 11.6 Å². The summed E-state index contributed by atoms with van der Waals surface area (Å²) in [6.07, 6.45) is 2.44. The normalized spacial score (nSPS) is 26.0. The quantitative estimate of drug-likeness (QED) is 0.835. The molecule has 2 bridgehead atoms. The van der Waals surface area contributed by atoms with Gasteiger partial charge in [-0.05, 0) is 30.9 Å². The van der Waals surface area contributed by atoms with E-state index in [-0.39, 0.29) is 6.03 Å². The molecule has 1 aromatic heterocycles. The van der Waals surface area contributed by atoms with Gasteiger partial charge in [-0.3, -0.25) is 4.90 Å². The van der Waals surface area contributed by atoms with Crippen LogP contribution in [0.3, 0.4) is 0 Å². The molecule has 0 N–H and O–H groups in total. The Hall–Kier alpha value is -0.780. The standard InChI is InChI=1S/C15H22ClN3OS/c1-17(2)15(20)19-8-11-3-4-12(9-19)18(7-11)10-13-5-6-14(16)21-13/h5-6,11-12H,3-4,7-10H2,1-2H3/t11-,12-/m0/s1. The van der Waals surface area contributed by atoms with Crippen LogP contribution < -0.4 is 0 Å². The molecule has 4 heterocycles. The van der Waals surface area contributed by atoms with Gasteiger partial charge in [0.15, 0.2) is 0 Å². The van der Waals surface area contributed by atoms with Crippen molar-refractivity contribution in [2.45, 2.75) is 25.4 Å². The summed E-state index contributed by atoms with van der Waals surface area (Å²) in [6.45, 7) is 3.81. The topological polar surface area (TPSA) is 26.8 Å². The Morgan fingerprint density at radius 1 is 1.33 bits per heavy atom. The lowest BCUT2D eigenvalue weighted by atomic mass is 9.95. The minimum absolute atomic E-state index is 0.146. The van der Waals surface area contributed by atoms with Crippen molar-refractivity contribution in [2.24, 2.45) is 5.92 Å². The van der Waals surface area contributed by atoms with Crippen molar-refractivity contribution in [2.75, 3.05) is 33.7 Å². The Labute approximate surface area is 135 Å². The molecule has 3 saturated heterocycles. The third kappa shape index (κ3) is 3.35. The van der Waals surface area contributed by atoms with E-state index in [0.29, 0.717) is 12.0 Å². The Kier molecular flexibility index (Phi) is 4.43. The second kappa shape index (κ2) is 6.15. The predicted octanol–water partition coefficient (Wildman–Crippen LogP) is 2.98. The number of amides is 2. The third-order valence-corrected chi connectivity index (χ3v) is 5.68. The third-order valence-electron chi connectivity index (χ3n) is 4.47. The van der Waals surface area contributed by atoms with Crippen LogP contribution in [-0.2, 0) is 6.54 Å². The smallest absolute Gasteiger partial charge is 0.319 e. The van der Waals surface area contributed by atoms with Crippen LogP contribution in [0.25, 0.3) is 0 Å². The van der Waals surface area contributed by atoms with Crippen LogP contribution in [0.15, 0.2) is 12.1 Å². The highest BCUT2D eigenvalue weighted by atomic mass is 35.5. The maximum absolute atomic E-state index is 12.3. The number of hydrogen-bond acceptors (Lipinski definition) is 3. The van der Waals surface area contributed by atoms with Crippen molar-refractivity contribution in [1.82, 2.24) is 14.7 Å². The molecule has 0 aliphatic carbocycles. The van der Waals surface area contributed by atoms with Crippen LogP contribution >= 0.6 is 22.9 Å². The highest BCUT2D eigenvalue weighted by molar-refractivity contribution is 7.16. The van der Waals surface area contributed by atoms with E-state index in [1.54, 1.807) is 16.2 Å². The first-order chi connectivity index (χ1) is 10.0. The Morgan fingerprint density at radius 3 is 2.81 bits per heavy atom. The predicted molar refractivity (Wildman–Crippen MR) is 86.9 cm³/mol. The van der Waals surface area contributed by atoms with E-state index < -0.39 is 0 Å². The SMILES string of the molecule is CN(C)C(=O)N1C[C@H]2CC[C@@H](C1)N(Cc1ccc(Cl)s1)C2. The molecule has 4 rings (SSSR count). The average molecular weight is 328 g/mol. The fraction of sp³-hybridized carbons (Fsp3) is 0.667. The molecule has 2 atom stereocenters. The monoisotopic (exact) mass is 327 g/mol. The maximum atomic E-state index is 12.3. The van der Waals surface area contributed by atoms with E-state index in [1.807, 2.05) is 25.1 Å². The first kappa shape index (κ1) is 15.1. The largest absolute Gasteiger partial charge is 0.331 e. The van der Waals surface area contributed by atoms with Gasteiger partial charge >= 0.3 is 6.03 Å². The molecule has 2 amide bonds. The Balaban J connectivity index is 1.70. The highest BCUT2D eigenvalue weighted by Crippen LogP contribution is 2.31. The number of carbonyl (C=O) groups excluding carboxylic acids is 1. The lowest BCUT2D eigenvalue weighted by molar-refractivity contribution is 0.124. The molecule has 0 unspecified atom stereocenters. The number of piperidine rings is 1. The zero-order valence-corrected chi connectivity index (χ0v) is 14.2. The molecule has 0 aromatic carbocycles. The molecule has 116 valence electrons. The van der Waals surface area contributed by atoms with Crippen molar-refractivity contribution in [1.29, 1.82) is 0 Å². The van der Waals surface area contributed by atoms with Crippen LogP contribution in [0, 0.1) is 5.92 Å². The number of thiophene rings is 1. The zero-order valence-electron chi connectivity index (χ0n) is 12.6. The van der Waals surface area contributed by atoms with Crippen LogP contribution in [0.4, 0.5) is 4.79 Å². The molecule has 3 fully saturated rings. The summed E-state index contributed by atoms with van der Waals surface area (Å²) in [5.74, 6) is 0.600. The van der Waals surface area contributed by atoms with Gasteiger partial charge in [-0.25, -0.2) is 4.79 Å². The Morgan fingerprint density at radius 2 is 2.14 bits per heavy atom. The van der Waals surface area contributed by atoms with Crippen molar-refractivity contribution in [3.8, 4) is 0 Å². The molecular formula is C15H22ClN3OS. The van der Waals surface area contributed by atoms with Crippen molar-refractivity contribution >= 4 is 29.0 Å². The van der Waals surface area contributed by atoms with Crippen molar-refractivity contribution in [3.05, 3.63) is 21.3 Å². The molecule has 0 radical (unpaired) electrons. The summed E-state index contributed by atoms with van der Waals surface area (Å²) in [7, 11) is 3.67. The van der Waals surface area contributed by atoms with Gasteiger partial charge < -0.3 is 9.80 Å². The van der Waals surface area contributed by atoms with E-state index in [9.17, 15) is 4.79 Å². The molecular weight excluding hydrogens is 306 g/mol. The van der Waals surface area contributed by atoms with E-state index in [4.69, 9.17) is 11.6 Å². The number of hydrogen-bond donors (Lipinski definition) is 0. The molecule has 21 heavy (non-hydrogen) atoms. The van der Waals surface area contributed by atoms with Crippen LogP contribution in [0.2, 0.25) is 4.34 Å². The van der Waals surface area contributed by atoms with Crippen molar-refractivity contribution in [3.63, 3.8) is 0 Å². The van der Waals surface area contributed by atoms with Crippen molar-refractivity contribution < 1.29 is 4.79 Å². The number of urea groups is 1. The van der Waals surface area contributed by atoms with Gasteiger partial charge in [0.1, 0.15) is 0 Å².